The van der Waals surface area contributed by atoms with Crippen molar-refractivity contribution in [2.45, 2.75) is 26.2 Å². The summed E-state index contributed by atoms with van der Waals surface area (Å²) in [5.41, 5.74) is 4.10. The van der Waals surface area contributed by atoms with Crippen LogP contribution in [0.5, 0.6) is 5.75 Å². The number of hydrogen-bond donors (Lipinski definition) is 1. The molecule has 0 aliphatic carbocycles. The van der Waals surface area contributed by atoms with E-state index in [1.807, 2.05) is 41.1 Å². The second-order valence-electron chi connectivity index (χ2n) is 8.73. The van der Waals surface area contributed by atoms with E-state index in [-0.39, 0.29) is 18.3 Å². The highest BCUT2D eigenvalue weighted by Crippen LogP contribution is 2.29. The summed E-state index contributed by atoms with van der Waals surface area (Å²) in [5.74, 6) is 1.69. The average molecular weight is 508 g/mol. The van der Waals surface area contributed by atoms with Crippen molar-refractivity contribution in [3.8, 4) is 16.9 Å². The van der Waals surface area contributed by atoms with Crippen LogP contribution in [-0.4, -0.2) is 53.8 Å². The first-order valence-electron chi connectivity index (χ1n) is 12.0. The van der Waals surface area contributed by atoms with E-state index in [9.17, 15) is 13.6 Å². The van der Waals surface area contributed by atoms with Gasteiger partial charge in [-0.3, -0.25) is 4.79 Å². The Balaban J connectivity index is 1.47. The van der Waals surface area contributed by atoms with Crippen LogP contribution in [0.15, 0.2) is 60.8 Å². The van der Waals surface area contributed by atoms with Crippen molar-refractivity contribution >= 4 is 22.8 Å². The standard InChI is InChI=1S/C27H27F2N5O3/c1-36-17-25-32-21-8-6-18(19-7-9-24(31-15-19)33-12-10-26(35)30-11-13-33)14-22(21)34(25)16-20-4-2-3-5-23(20)37-27(28)29/h2-9,14-15,27H,10-13,16-17H2,1H3,(H,30,35). The molecular formula is C27H27F2N5O3. The Hall–Kier alpha value is -4.05. The van der Waals surface area contributed by atoms with Crippen LogP contribution < -0.4 is 15.0 Å². The summed E-state index contributed by atoms with van der Waals surface area (Å²) >= 11 is 0. The van der Waals surface area contributed by atoms with Crippen molar-refractivity contribution in [1.29, 1.82) is 0 Å². The van der Waals surface area contributed by atoms with Gasteiger partial charge in [-0.1, -0.05) is 24.3 Å². The Morgan fingerprint density at radius 2 is 1.92 bits per heavy atom. The lowest BCUT2D eigenvalue weighted by Crippen LogP contribution is -2.28. The summed E-state index contributed by atoms with van der Waals surface area (Å²) in [6.45, 7) is -0.415. The molecule has 37 heavy (non-hydrogen) atoms. The van der Waals surface area contributed by atoms with Gasteiger partial charge in [-0.15, -0.1) is 0 Å². The van der Waals surface area contributed by atoms with E-state index in [4.69, 9.17) is 14.5 Å². The number of imidazole rings is 1. The summed E-state index contributed by atoms with van der Waals surface area (Å²) in [6.07, 6.45) is 2.26. The first-order valence-corrected chi connectivity index (χ1v) is 12.0. The maximum atomic E-state index is 13.0. The number of nitrogens with zero attached hydrogens (tertiary/aromatic N) is 4. The van der Waals surface area contributed by atoms with Gasteiger partial charge in [0.15, 0.2) is 0 Å². The second-order valence-corrected chi connectivity index (χ2v) is 8.73. The van der Waals surface area contributed by atoms with Crippen LogP contribution in [0.1, 0.15) is 17.8 Å². The van der Waals surface area contributed by atoms with E-state index >= 15 is 0 Å². The molecule has 0 spiro atoms. The van der Waals surface area contributed by atoms with E-state index in [1.54, 1.807) is 25.3 Å². The van der Waals surface area contributed by atoms with Crippen molar-refractivity contribution in [2.75, 3.05) is 31.6 Å². The minimum Gasteiger partial charge on any atom is -0.434 e. The first-order chi connectivity index (χ1) is 18.0. The molecule has 4 aromatic rings. The predicted octanol–water partition coefficient (Wildman–Crippen LogP) is 4.22. The van der Waals surface area contributed by atoms with Crippen molar-refractivity contribution in [3.05, 3.63) is 72.2 Å². The van der Waals surface area contributed by atoms with E-state index in [1.165, 1.54) is 6.07 Å². The number of benzene rings is 2. The molecule has 8 nitrogen and oxygen atoms in total. The Labute approximate surface area is 212 Å². The minimum atomic E-state index is -2.91. The highest BCUT2D eigenvalue weighted by atomic mass is 19.3. The Bertz CT molecular complexity index is 1390. The molecule has 1 fully saturated rings. The van der Waals surface area contributed by atoms with Crippen molar-refractivity contribution < 1.29 is 23.0 Å². The number of halogens is 2. The van der Waals surface area contributed by atoms with Crippen molar-refractivity contribution in [3.63, 3.8) is 0 Å². The van der Waals surface area contributed by atoms with Crippen LogP contribution in [-0.2, 0) is 22.7 Å². The lowest BCUT2D eigenvalue weighted by Gasteiger charge is -2.20. The van der Waals surface area contributed by atoms with Crippen LogP contribution in [0.3, 0.4) is 0 Å². The number of alkyl halides is 2. The zero-order valence-corrected chi connectivity index (χ0v) is 20.4. The average Bonchev–Trinajstić information content (AvgIpc) is 3.07. The molecule has 0 bridgehead atoms. The molecule has 1 amide bonds. The van der Waals surface area contributed by atoms with Crippen LogP contribution in [0, 0.1) is 0 Å². The fraction of sp³-hybridized carbons (Fsp3) is 0.296. The number of fused-ring (bicyclic) bond motifs is 1. The predicted molar refractivity (Wildman–Crippen MR) is 136 cm³/mol. The highest BCUT2D eigenvalue weighted by molar-refractivity contribution is 5.83. The number of methoxy groups -OCH3 is 1. The molecule has 1 N–H and O–H groups in total. The monoisotopic (exact) mass is 507 g/mol. The summed E-state index contributed by atoms with van der Waals surface area (Å²) in [7, 11) is 1.59. The molecule has 0 unspecified atom stereocenters. The normalized spacial score (nSPS) is 14.2. The van der Waals surface area contributed by atoms with Gasteiger partial charge in [-0.05, 0) is 35.9 Å². The van der Waals surface area contributed by atoms with Gasteiger partial charge in [0, 0.05) is 50.5 Å². The molecule has 1 saturated heterocycles. The molecule has 3 heterocycles. The molecule has 5 rings (SSSR count). The number of rotatable bonds is 8. The number of carbonyl (C=O) groups is 1. The quantitative estimate of drug-likeness (QED) is 0.385. The van der Waals surface area contributed by atoms with Crippen LogP contribution in [0.2, 0.25) is 0 Å². The topological polar surface area (TPSA) is 81.5 Å². The maximum Gasteiger partial charge on any atom is 0.387 e. The van der Waals surface area contributed by atoms with Crippen molar-refractivity contribution in [2.24, 2.45) is 0 Å². The summed E-state index contributed by atoms with van der Waals surface area (Å²) < 4.78 is 38.0. The van der Waals surface area contributed by atoms with Crippen LogP contribution in [0.4, 0.5) is 14.6 Å². The molecule has 192 valence electrons. The van der Waals surface area contributed by atoms with Gasteiger partial charge in [-0.25, -0.2) is 9.97 Å². The molecule has 2 aromatic heterocycles. The van der Waals surface area contributed by atoms with Gasteiger partial charge < -0.3 is 24.3 Å². The van der Waals surface area contributed by atoms with E-state index in [0.29, 0.717) is 44.0 Å². The SMILES string of the molecule is COCc1nc2ccc(-c3ccc(N4CCNC(=O)CC4)nc3)cc2n1Cc1ccccc1OC(F)F. The number of carbonyl (C=O) groups excluding carboxylic acids is 1. The minimum absolute atomic E-state index is 0.0558. The Morgan fingerprint density at radius 3 is 2.70 bits per heavy atom. The molecular weight excluding hydrogens is 480 g/mol. The lowest BCUT2D eigenvalue weighted by atomic mass is 10.1. The third-order valence-corrected chi connectivity index (χ3v) is 6.34. The zero-order chi connectivity index (χ0) is 25.8. The van der Waals surface area contributed by atoms with E-state index < -0.39 is 6.61 Å². The summed E-state index contributed by atoms with van der Waals surface area (Å²) in [5, 5.41) is 2.87. The zero-order valence-electron chi connectivity index (χ0n) is 20.4. The Kier molecular flexibility index (Phi) is 7.27. The molecule has 0 atom stereocenters. The molecule has 1 aliphatic heterocycles. The summed E-state index contributed by atoms with van der Waals surface area (Å²) in [6, 6.07) is 16.6. The maximum absolute atomic E-state index is 13.0. The number of anilines is 1. The van der Waals surface area contributed by atoms with Crippen molar-refractivity contribution in [1.82, 2.24) is 19.9 Å². The van der Waals surface area contributed by atoms with Gasteiger partial charge in [0.2, 0.25) is 5.91 Å². The lowest BCUT2D eigenvalue weighted by molar-refractivity contribution is -0.120. The largest absolute Gasteiger partial charge is 0.434 e. The van der Waals surface area contributed by atoms with E-state index in [0.717, 1.165) is 28.0 Å². The number of hydrogen-bond acceptors (Lipinski definition) is 6. The number of aromatic nitrogens is 3. The molecule has 2 aromatic carbocycles. The third-order valence-electron chi connectivity index (χ3n) is 6.34. The number of ether oxygens (including phenoxy) is 2. The molecule has 10 heteroatoms. The van der Waals surface area contributed by atoms with Gasteiger partial charge in [0.25, 0.3) is 0 Å². The first kappa shape index (κ1) is 24.6. The smallest absolute Gasteiger partial charge is 0.387 e. The molecule has 0 radical (unpaired) electrons. The van der Waals surface area contributed by atoms with Crippen LogP contribution in [0.25, 0.3) is 22.2 Å². The Morgan fingerprint density at radius 1 is 1.08 bits per heavy atom. The van der Waals surface area contributed by atoms with Gasteiger partial charge in [-0.2, -0.15) is 8.78 Å². The van der Waals surface area contributed by atoms with Gasteiger partial charge >= 0.3 is 6.61 Å². The molecule has 1 aliphatic rings. The number of nitrogens with one attached hydrogen (secondary N) is 1. The fourth-order valence-electron chi connectivity index (χ4n) is 4.52. The molecule has 0 saturated carbocycles. The summed E-state index contributed by atoms with van der Waals surface area (Å²) in [4.78, 5) is 23.1. The van der Waals surface area contributed by atoms with E-state index in [2.05, 4.69) is 15.2 Å². The second kappa shape index (κ2) is 10.9. The highest BCUT2D eigenvalue weighted by Gasteiger charge is 2.17. The number of amides is 1. The van der Waals surface area contributed by atoms with Gasteiger partial charge in [0.05, 0.1) is 17.6 Å². The van der Waals surface area contributed by atoms with Crippen LogP contribution >= 0.6 is 0 Å². The third kappa shape index (κ3) is 5.54. The fourth-order valence-corrected chi connectivity index (χ4v) is 4.52. The van der Waals surface area contributed by atoms with Gasteiger partial charge in [0.1, 0.15) is 24.0 Å². The number of para-hydroxylation sites is 1. The number of pyridine rings is 1.